The van der Waals surface area contributed by atoms with E-state index in [9.17, 15) is 4.39 Å². The summed E-state index contributed by atoms with van der Waals surface area (Å²) >= 11 is 9.11. The Bertz CT molecular complexity index is 647. The van der Waals surface area contributed by atoms with E-state index in [1.807, 2.05) is 0 Å². The molecule has 2 heterocycles. The molecule has 2 aromatic rings. The van der Waals surface area contributed by atoms with Gasteiger partial charge in [-0.2, -0.15) is 4.98 Å². The summed E-state index contributed by atoms with van der Waals surface area (Å²) in [5.41, 5.74) is 0.236. The van der Waals surface area contributed by atoms with Gasteiger partial charge in [-0.15, -0.1) is 0 Å². The quantitative estimate of drug-likeness (QED) is 0.731. The van der Waals surface area contributed by atoms with Crippen LogP contribution in [0.3, 0.4) is 0 Å². The Morgan fingerprint density at radius 3 is 2.95 bits per heavy atom. The predicted molar refractivity (Wildman–Crippen MR) is 79.9 cm³/mol. The molecule has 20 heavy (non-hydrogen) atoms. The zero-order chi connectivity index (χ0) is 14.1. The topological polar surface area (TPSA) is 38.2 Å². The van der Waals surface area contributed by atoms with Crippen LogP contribution in [0.5, 0.6) is 0 Å². The highest BCUT2D eigenvalue weighted by atomic mass is 79.9. The van der Waals surface area contributed by atoms with Crippen LogP contribution in [0.25, 0.3) is 10.9 Å². The lowest BCUT2D eigenvalue weighted by molar-refractivity contribution is 0.152. The number of hydrogen-bond acceptors (Lipinski definition) is 4. The molecule has 0 aliphatic carbocycles. The molecule has 0 atom stereocenters. The first-order chi connectivity index (χ1) is 9.66. The number of ether oxygens (including phenoxy) is 1. The second-order valence-electron chi connectivity index (χ2n) is 4.53. The van der Waals surface area contributed by atoms with Gasteiger partial charge in [0.2, 0.25) is 5.28 Å². The van der Waals surface area contributed by atoms with Crippen LogP contribution in [0.1, 0.15) is 6.42 Å². The summed E-state index contributed by atoms with van der Waals surface area (Å²) in [5, 5.41) is 0.715. The molecular weight excluding hydrogens is 349 g/mol. The fraction of sp³-hybridized carbons (Fsp3) is 0.385. The molecule has 0 bridgehead atoms. The minimum absolute atomic E-state index is 0.0506. The molecule has 1 aliphatic heterocycles. The lowest BCUT2D eigenvalue weighted by Crippen LogP contribution is -2.27. The van der Waals surface area contributed by atoms with Crippen molar-refractivity contribution >= 4 is 44.3 Å². The van der Waals surface area contributed by atoms with Gasteiger partial charge in [0.05, 0.1) is 11.1 Å². The molecule has 1 aromatic heterocycles. The van der Waals surface area contributed by atoms with Crippen LogP contribution in [0.2, 0.25) is 5.28 Å². The molecule has 7 heteroatoms. The van der Waals surface area contributed by atoms with E-state index >= 15 is 0 Å². The van der Waals surface area contributed by atoms with Crippen molar-refractivity contribution in [2.24, 2.45) is 0 Å². The Hall–Kier alpha value is -0.980. The van der Waals surface area contributed by atoms with Crippen molar-refractivity contribution in [3.8, 4) is 0 Å². The van der Waals surface area contributed by atoms with Crippen LogP contribution >= 0.6 is 27.5 Å². The summed E-state index contributed by atoms with van der Waals surface area (Å²) in [7, 11) is 0. The largest absolute Gasteiger partial charge is 0.380 e. The van der Waals surface area contributed by atoms with Gasteiger partial charge in [-0.05, 0) is 46.1 Å². The van der Waals surface area contributed by atoms with E-state index in [0.29, 0.717) is 28.8 Å². The van der Waals surface area contributed by atoms with Crippen molar-refractivity contribution in [1.29, 1.82) is 0 Å². The van der Waals surface area contributed by atoms with Gasteiger partial charge >= 0.3 is 0 Å². The first-order valence-electron chi connectivity index (χ1n) is 6.31. The number of benzene rings is 1. The summed E-state index contributed by atoms with van der Waals surface area (Å²) in [6.45, 7) is 2.87. The average Bonchev–Trinajstić information content (AvgIpc) is 2.71. The molecule has 0 radical (unpaired) electrons. The van der Waals surface area contributed by atoms with Crippen LogP contribution < -0.4 is 4.90 Å². The van der Waals surface area contributed by atoms with E-state index < -0.39 is 5.82 Å². The molecule has 0 spiro atoms. The van der Waals surface area contributed by atoms with E-state index in [1.54, 1.807) is 12.1 Å². The number of rotatable bonds is 1. The standard InChI is InChI=1S/C13H12BrClFN3O/c14-9-3-2-8-11(10(9)16)17-13(15)18-12(8)19-4-1-6-20-7-5-19/h2-3H,1,4-7H2. The summed E-state index contributed by atoms with van der Waals surface area (Å²) in [6.07, 6.45) is 0.905. The molecule has 1 aliphatic rings. The van der Waals surface area contributed by atoms with Crippen LogP contribution in [-0.2, 0) is 4.74 Å². The number of anilines is 1. The van der Waals surface area contributed by atoms with E-state index in [2.05, 4.69) is 30.8 Å². The van der Waals surface area contributed by atoms with Crippen molar-refractivity contribution in [2.45, 2.75) is 6.42 Å². The SMILES string of the molecule is Fc1c(Br)ccc2c(N3CCCOCC3)nc(Cl)nc12. The van der Waals surface area contributed by atoms with Crippen LogP contribution in [0.15, 0.2) is 16.6 Å². The third-order valence-electron chi connectivity index (χ3n) is 3.23. The molecule has 1 fully saturated rings. The minimum Gasteiger partial charge on any atom is -0.380 e. The number of nitrogens with zero attached hydrogens (tertiary/aromatic N) is 3. The highest BCUT2D eigenvalue weighted by molar-refractivity contribution is 9.10. The second-order valence-corrected chi connectivity index (χ2v) is 5.72. The Morgan fingerprint density at radius 1 is 1.25 bits per heavy atom. The van der Waals surface area contributed by atoms with Crippen molar-refractivity contribution in [1.82, 2.24) is 9.97 Å². The second kappa shape index (κ2) is 5.79. The maximum atomic E-state index is 14.2. The molecule has 4 nitrogen and oxygen atoms in total. The molecule has 0 saturated carbocycles. The lowest BCUT2D eigenvalue weighted by atomic mass is 10.2. The Kier molecular flexibility index (Phi) is 4.05. The maximum Gasteiger partial charge on any atom is 0.225 e. The van der Waals surface area contributed by atoms with Gasteiger partial charge in [0.15, 0.2) is 5.82 Å². The first kappa shape index (κ1) is 14.0. The predicted octanol–water partition coefficient (Wildman–Crippen LogP) is 3.41. The summed E-state index contributed by atoms with van der Waals surface area (Å²) < 4.78 is 20.0. The molecule has 3 rings (SSSR count). The van der Waals surface area contributed by atoms with E-state index in [1.165, 1.54) is 0 Å². The van der Waals surface area contributed by atoms with Gasteiger partial charge < -0.3 is 9.64 Å². The van der Waals surface area contributed by atoms with Gasteiger partial charge in [-0.1, -0.05) is 0 Å². The third-order valence-corrected chi connectivity index (χ3v) is 4.02. The number of fused-ring (bicyclic) bond motifs is 1. The number of hydrogen-bond donors (Lipinski definition) is 0. The van der Waals surface area contributed by atoms with Gasteiger partial charge in [0, 0.05) is 25.1 Å². The molecule has 0 N–H and O–H groups in total. The molecular formula is C13H12BrClFN3O. The number of halogens is 3. The Morgan fingerprint density at radius 2 is 2.10 bits per heavy atom. The molecule has 1 saturated heterocycles. The fourth-order valence-electron chi connectivity index (χ4n) is 2.29. The Balaban J connectivity index is 2.16. The monoisotopic (exact) mass is 359 g/mol. The van der Waals surface area contributed by atoms with Crippen molar-refractivity contribution < 1.29 is 9.13 Å². The zero-order valence-corrected chi connectivity index (χ0v) is 12.9. The van der Waals surface area contributed by atoms with Crippen molar-refractivity contribution in [2.75, 3.05) is 31.2 Å². The first-order valence-corrected chi connectivity index (χ1v) is 7.48. The molecule has 1 aromatic carbocycles. The fourth-order valence-corrected chi connectivity index (χ4v) is 2.78. The minimum atomic E-state index is -0.417. The third kappa shape index (κ3) is 2.60. The summed E-state index contributed by atoms with van der Waals surface area (Å²) in [4.78, 5) is 10.4. The summed E-state index contributed by atoms with van der Waals surface area (Å²) in [6, 6.07) is 3.46. The van der Waals surface area contributed by atoms with Crippen LogP contribution in [-0.4, -0.2) is 36.3 Å². The molecule has 0 unspecified atom stereocenters. The lowest BCUT2D eigenvalue weighted by Gasteiger charge is -2.22. The van der Waals surface area contributed by atoms with Crippen LogP contribution in [0, 0.1) is 5.82 Å². The highest BCUT2D eigenvalue weighted by Gasteiger charge is 2.18. The van der Waals surface area contributed by atoms with E-state index in [-0.39, 0.29) is 10.8 Å². The zero-order valence-electron chi connectivity index (χ0n) is 10.6. The smallest absolute Gasteiger partial charge is 0.225 e. The van der Waals surface area contributed by atoms with Crippen molar-refractivity contribution in [3.05, 3.63) is 27.7 Å². The van der Waals surface area contributed by atoms with Gasteiger partial charge in [0.25, 0.3) is 0 Å². The van der Waals surface area contributed by atoms with Gasteiger partial charge in [-0.3, -0.25) is 0 Å². The Labute approximate surface area is 129 Å². The normalized spacial score (nSPS) is 16.4. The summed E-state index contributed by atoms with van der Waals surface area (Å²) in [5.74, 6) is 0.246. The van der Waals surface area contributed by atoms with E-state index in [4.69, 9.17) is 16.3 Å². The van der Waals surface area contributed by atoms with Gasteiger partial charge in [0.1, 0.15) is 11.3 Å². The highest BCUT2D eigenvalue weighted by Crippen LogP contribution is 2.30. The molecule has 0 amide bonds. The van der Waals surface area contributed by atoms with Gasteiger partial charge in [-0.25, -0.2) is 9.37 Å². The van der Waals surface area contributed by atoms with Crippen LogP contribution in [0.4, 0.5) is 10.2 Å². The number of aromatic nitrogens is 2. The maximum absolute atomic E-state index is 14.2. The van der Waals surface area contributed by atoms with E-state index in [0.717, 1.165) is 19.6 Å². The molecule has 106 valence electrons. The van der Waals surface area contributed by atoms with Crippen molar-refractivity contribution in [3.63, 3.8) is 0 Å². The average molecular weight is 361 g/mol.